The zero-order valence-electron chi connectivity index (χ0n) is 15.4. The van der Waals surface area contributed by atoms with Crippen LogP contribution in [0.4, 0.5) is 8.78 Å². The van der Waals surface area contributed by atoms with Crippen molar-refractivity contribution in [1.82, 2.24) is 20.4 Å². The normalized spacial score (nSPS) is 19.1. The Balaban J connectivity index is 1.51. The van der Waals surface area contributed by atoms with Gasteiger partial charge in [-0.2, -0.15) is 5.10 Å². The molecule has 2 N–H and O–H groups in total. The Morgan fingerprint density at radius 1 is 1.30 bits per heavy atom. The van der Waals surface area contributed by atoms with Gasteiger partial charge in [-0.15, -0.1) is 0 Å². The molecule has 5 nitrogen and oxygen atoms in total. The van der Waals surface area contributed by atoms with E-state index in [1.165, 1.54) is 25.0 Å². The third kappa shape index (κ3) is 3.60. The summed E-state index contributed by atoms with van der Waals surface area (Å²) in [5.74, 6) is -1.70. The van der Waals surface area contributed by atoms with Crippen LogP contribution in [0.5, 0.6) is 0 Å². The average Bonchev–Trinajstić information content (AvgIpc) is 3.32. The van der Waals surface area contributed by atoms with Gasteiger partial charge in [0.05, 0.1) is 11.7 Å². The van der Waals surface area contributed by atoms with Gasteiger partial charge in [0, 0.05) is 42.4 Å². The summed E-state index contributed by atoms with van der Waals surface area (Å²) in [6.45, 7) is 3.23. The lowest BCUT2D eigenvalue weighted by Gasteiger charge is -2.32. The second-order valence-corrected chi connectivity index (χ2v) is 7.54. The van der Waals surface area contributed by atoms with Crippen LogP contribution in [0.3, 0.4) is 0 Å². The van der Waals surface area contributed by atoms with E-state index in [-0.39, 0.29) is 11.9 Å². The van der Waals surface area contributed by atoms with E-state index >= 15 is 0 Å². The van der Waals surface area contributed by atoms with Crippen LogP contribution in [-0.2, 0) is 17.8 Å². The first-order chi connectivity index (χ1) is 13.0. The summed E-state index contributed by atoms with van der Waals surface area (Å²) in [6.07, 6.45) is 5.22. The monoisotopic (exact) mass is 374 g/mol. The molecule has 2 aromatic rings. The van der Waals surface area contributed by atoms with Gasteiger partial charge in [0.2, 0.25) is 5.91 Å². The second kappa shape index (κ2) is 7.38. The summed E-state index contributed by atoms with van der Waals surface area (Å²) >= 11 is 0. The summed E-state index contributed by atoms with van der Waals surface area (Å²) in [5, 5.41) is 10.5. The molecule has 1 atom stereocenters. The molecule has 1 saturated carbocycles. The van der Waals surface area contributed by atoms with Gasteiger partial charge in [-0.25, -0.2) is 8.78 Å². The van der Waals surface area contributed by atoms with Gasteiger partial charge in [-0.05, 0) is 38.0 Å². The van der Waals surface area contributed by atoms with Gasteiger partial charge in [0.1, 0.15) is 0 Å². The summed E-state index contributed by atoms with van der Waals surface area (Å²) < 4.78 is 26.9. The number of H-pyrrole nitrogens is 1. The van der Waals surface area contributed by atoms with E-state index in [4.69, 9.17) is 0 Å². The fourth-order valence-electron chi connectivity index (χ4n) is 4.09. The number of amides is 1. The topological polar surface area (TPSA) is 61.0 Å². The minimum atomic E-state index is -0.888. The van der Waals surface area contributed by atoms with E-state index in [9.17, 15) is 13.6 Å². The molecule has 0 saturated heterocycles. The molecular weight excluding hydrogens is 350 g/mol. The highest BCUT2D eigenvalue weighted by Crippen LogP contribution is 2.30. The number of aromatic nitrogens is 2. The quantitative estimate of drug-likeness (QED) is 0.864. The molecule has 0 radical (unpaired) electrons. The van der Waals surface area contributed by atoms with Crippen LogP contribution < -0.4 is 5.32 Å². The molecule has 1 amide bonds. The molecule has 0 bridgehead atoms. The number of hydrogen-bond acceptors (Lipinski definition) is 3. The van der Waals surface area contributed by atoms with Gasteiger partial charge in [-0.3, -0.25) is 14.8 Å². The number of halogens is 2. The van der Waals surface area contributed by atoms with E-state index in [1.54, 1.807) is 0 Å². The van der Waals surface area contributed by atoms with Crippen LogP contribution in [0.2, 0.25) is 0 Å². The van der Waals surface area contributed by atoms with Gasteiger partial charge < -0.3 is 5.32 Å². The van der Waals surface area contributed by atoms with E-state index in [0.717, 1.165) is 43.1 Å². The zero-order valence-corrected chi connectivity index (χ0v) is 15.4. The van der Waals surface area contributed by atoms with Crippen LogP contribution in [0.1, 0.15) is 43.9 Å². The summed E-state index contributed by atoms with van der Waals surface area (Å²) in [4.78, 5) is 14.7. The number of nitrogens with zero attached hydrogens (tertiary/aromatic N) is 2. The third-order valence-electron chi connectivity index (χ3n) is 5.78. The van der Waals surface area contributed by atoms with Crippen molar-refractivity contribution in [1.29, 1.82) is 0 Å². The van der Waals surface area contributed by atoms with Crippen LogP contribution in [-0.4, -0.2) is 39.6 Å². The maximum Gasteiger partial charge on any atom is 0.237 e. The Hall–Kier alpha value is -2.28. The smallest absolute Gasteiger partial charge is 0.237 e. The van der Waals surface area contributed by atoms with Crippen molar-refractivity contribution in [3.8, 4) is 11.3 Å². The van der Waals surface area contributed by atoms with Crippen molar-refractivity contribution in [3.05, 3.63) is 41.1 Å². The number of benzene rings is 1. The lowest BCUT2D eigenvalue weighted by molar-refractivity contribution is -0.126. The molecule has 1 fully saturated rings. The summed E-state index contributed by atoms with van der Waals surface area (Å²) in [7, 11) is 0. The van der Waals surface area contributed by atoms with E-state index in [1.807, 2.05) is 6.92 Å². The van der Waals surface area contributed by atoms with Crippen LogP contribution >= 0.6 is 0 Å². The van der Waals surface area contributed by atoms with Crippen molar-refractivity contribution >= 4 is 5.91 Å². The molecule has 144 valence electrons. The van der Waals surface area contributed by atoms with Crippen LogP contribution in [0.25, 0.3) is 11.3 Å². The molecule has 2 aliphatic rings. The molecule has 2 heterocycles. The first-order valence-electron chi connectivity index (χ1n) is 9.59. The van der Waals surface area contributed by atoms with Crippen molar-refractivity contribution in [3.63, 3.8) is 0 Å². The van der Waals surface area contributed by atoms with Gasteiger partial charge in [0.15, 0.2) is 11.6 Å². The number of carbonyl (C=O) groups is 1. The largest absolute Gasteiger partial charge is 0.352 e. The Morgan fingerprint density at radius 3 is 2.81 bits per heavy atom. The van der Waals surface area contributed by atoms with Crippen molar-refractivity contribution in [2.75, 3.05) is 6.54 Å². The number of nitrogens with one attached hydrogen (secondary N) is 2. The number of rotatable bonds is 4. The molecule has 1 unspecified atom stereocenters. The highest BCUT2D eigenvalue weighted by Gasteiger charge is 2.30. The Bertz CT molecular complexity index is 845. The second-order valence-electron chi connectivity index (χ2n) is 7.54. The molecule has 1 aliphatic carbocycles. The van der Waals surface area contributed by atoms with E-state index in [2.05, 4.69) is 20.4 Å². The first-order valence-corrected chi connectivity index (χ1v) is 9.59. The molecule has 1 aromatic heterocycles. The number of aromatic amines is 1. The maximum absolute atomic E-state index is 13.6. The average molecular weight is 374 g/mol. The molecule has 4 rings (SSSR count). The summed E-state index contributed by atoms with van der Waals surface area (Å²) in [6, 6.07) is 3.87. The van der Waals surface area contributed by atoms with Crippen LogP contribution in [0, 0.1) is 11.6 Å². The maximum atomic E-state index is 13.6. The fraction of sp³-hybridized carbons (Fsp3) is 0.500. The lowest BCUT2D eigenvalue weighted by Crippen LogP contribution is -2.49. The van der Waals surface area contributed by atoms with Crippen molar-refractivity contribution in [2.24, 2.45) is 0 Å². The predicted molar refractivity (Wildman–Crippen MR) is 97.9 cm³/mol. The van der Waals surface area contributed by atoms with Gasteiger partial charge in [-0.1, -0.05) is 12.8 Å². The van der Waals surface area contributed by atoms with Crippen molar-refractivity contribution in [2.45, 2.75) is 57.7 Å². The molecule has 7 heteroatoms. The lowest BCUT2D eigenvalue weighted by atomic mass is 9.99. The summed E-state index contributed by atoms with van der Waals surface area (Å²) in [5.41, 5.74) is 3.11. The minimum absolute atomic E-state index is 0.0585. The molecular formula is C20H24F2N4O. The van der Waals surface area contributed by atoms with Gasteiger partial charge in [0.25, 0.3) is 0 Å². The zero-order chi connectivity index (χ0) is 19.0. The van der Waals surface area contributed by atoms with E-state index < -0.39 is 11.6 Å². The number of carbonyl (C=O) groups excluding carboxylic acids is 1. The van der Waals surface area contributed by atoms with Gasteiger partial charge >= 0.3 is 0 Å². The number of fused-ring (bicyclic) bond motifs is 1. The van der Waals surface area contributed by atoms with E-state index in [0.29, 0.717) is 23.8 Å². The molecule has 1 aliphatic heterocycles. The molecule has 27 heavy (non-hydrogen) atoms. The third-order valence-corrected chi connectivity index (χ3v) is 5.78. The first kappa shape index (κ1) is 18.1. The Morgan fingerprint density at radius 2 is 2.07 bits per heavy atom. The Labute approximate surface area is 157 Å². The van der Waals surface area contributed by atoms with Crippen molar-refractivity contribution < 1.29 is 13.6 Å². The Kier molecular flexibility index (Phi) is 4.95. The SMILES string of the molecule is CC(C(=O)NC1CCCC1)N1CCc2[nH]nc(-c3ccc(F)c(F)c3)c2C1. The molecule has 0 spiro atoms. The highest BCUT2D eigenvalue weighted by molar-refractivity contribution is 5.81. The highest BCUT2D eigenvalue weighted by atomic mass is 19.2. The molecule has 1 aromatic carbocycles. The standard InChI is InChI=1S/C20H24F2N4O/c1-12(20(27)23-14-4-2-3-5-14)26-9-8-18-15(11-26)19(25-24-18)13-6-7-16(21)17(22)10-13/h6-7,10,12,14H,2-5,8-9,11H2,1H3,(H,23,27)(H,24,25). The number of hydrogen-bond donors (Lipinski definition) is 2. The fourth-order valence-corrected chi connectivity index (χ4v) is 4.09. The minimum Gasteiger partial charge on any atom is -0.352 e. The predicted octanol–water partition coefficient (Wildman–Crippen LogP) is 3.16. The van der Waals surface area contributed by atoms with Crippen LogP contribution in [0.15, 0.2) is 18.2 Å².